The number of hydrogen-bond donors (Lipinski definition) is 2. The number of thioether (sulfide) groups is 1. The van der Waals surface area contributed by atoms with Crippen LogP contribution in [0.2, 0.25) is 0 Å². The molecule has 6 rings (SSSR count). The zero-order valence-corrected chi connectivity index (χ0v) is 30.6. The Hall–Kier alpha value is -5.58. The van der Waals surface area contributed by atoms with Crippen LogP contribution in [0.3, 0.4) is 0 Å². The molecule has 0 saturated carbocycles. The second kappa shape index (κ2) is 17.3. The summed E-state index contributed by atoms with van der Waals surface area (Å²) in [5, 5.41) is 23.0. The minimum Gasteiger partial charge on any atom is -0.492 e. The number of nitrogens with zero attached hydrogens (tertiary/aromatic N) is 6. The normalized spacial score (nSPS) is 13.3. The number of amides is 1. The summed E-state index contributed by atoms with van der Waals surface area (Å²) in [6.07, 6.45) is 3.55. The maximum Gasteiger partial charge on any atom is 0.293 e. The van der Waals surface area contributed by atoms with Gasteiger partial charge in [0.25, 0.3) is 21.6 Å². The summed E-state index contributed by atoms with van der Waals surface area (Å²) in [4.78, 5) is 33.5. The van der Waals surface area contributed by atoms with Crippen LogP contribution in [0.5, 0.6) is 5.75 Å². The molecule has 0 spiro atoms. The van der Waals surface area contributed by atoms with Crippen molar-refractivity contribution in [3.05, 3.63) is 125 Å². The third-order valence-corrected chi connectivity index (χ3v) is 10.8. The van der Waals surface area contributed by atoms with Crippen molar-refractivity contribution in [1.29, 1.82) is 0 Å². The number of sulfonamides is 1. The average Bonchev–Trinajstić information content (AvgIpc) is 3.17. The van der Waals surface area contributed by atoms with Crippen molar-refractivity contribution in [3.63, 3.8) is 0 Å². The van der Waals surface area contributed by atoms with Gasteiger partial charge in [-0.25, -0.2) is 13.1 Å². The van der Waals surface area contributed by atoms with E-state index in [2.05, 4.69) is 42.4 Å². The molecule has 0 bridgehead atoms. The highest BCUT2D eigenvalue weighted by molar-refractivity contribution is 7.99. The second-order valence-corrected chi connectivity index (χ2v) is 14.8. The van der Waals surface area contributed by atoms with Gasteiger partial charge in [-0.3, -0.25) is 24.8 Å². The molecule has 0 atom stereocenters. The van der Waals surface area contributed by atoms with E-state index in [1.807, 2.05) is 66.4 Å². The van der Waals surface area contributed by atoms with Crippen LogP contribution in [-0.2, 0) is 16.6 Å². The highest BCUT2D eigenvalue weighted by Gasteiger charge is 2.25. The van der Waals surface area contributed by atoms with Crippen LogP contribution in [0, 0.1) is 10.1 Å². The number of nitrogens with one attached hydrogen (secondary N) is 2. The molecule has 0 aliphatic carbocycles. The van der Waals surface area contributed by atoms with Crippen molar-refractivity contribution in [3.8, 4) is 16.9 Å². The molecule has 0 unspecified atom stereocenters. The van der Waals surface area contributed by atoms with Crippen LogP contribution < -0.4 is 19.7 Å². The predicted octanol–water partition coefficient (Wildman–Crippen LogP) is 5.49. The van der Waals surface area contributed by atoms with E-state index in [9.17, 15) is 23.3 Å². The van der Waals surface area contributed by atoms with Gasteiger partial charge in [0.1, 0.15) is 11.4 Å². The molecule has 2 aromatic heterocycles. The lowest BCUT2D eigenvalue weighted by Gasteiger charge is -2.35. The van der Waals surface area contributed by atoms with Gasteiger partial charge in [0.05, 0.1) is 22.6 Å². The Morgan fingerprint density at radius 3 is 2.45 bits per heavy atom. The number of rotatable bonds is 15. The average molecular weight is 755 g/mol. The van der Waals surface area contributed by atoms with Crippen molar-refractivity contribution in [2.45, 2.75) is 23.3 Å². The standard InChI is InChI=1S/C37H38N8O6S2/c1-2-51-29-22-28(24-38-25-29)32-11-7-6-8-27(32)26-43-17-19-44(20-18-43)36-15-14-34(40-41-36)37(46)42-53(49,50)31-12-13-33(35(23-31)45(47)48)39-16-21-52-30-9-4-3-5-10-30/h3-15,22-25,39H,2,16-21,26H2,1H3,(H,42,46). The van der Waals surface area contributed by atoms with Gasteiger partial charge in [0.2, 0.25) is 0 Å². The Labute approximate surface area is 311 Å². The van der Waals surface area contributed by atoms with Gasteiger partial charge >= 0.3 is 0 Å². The van der Waals surface area contributed by atoms with Crippen LogP contribution in [0.1, 0.15) is 23.0 Å². The molecule has 1 aliphatic heterocycles. The van der Waals surface area contributed by atoms with Crippen molar-refractivity contribution in [2.75, 3.05) is 55.3 Å². The molecular weight excluding hydrogens is 717 g/mol. The molecule has 1 saturated heterocycles. The van der Waals surface area contributed by atoms with Gasteiger partial charge in [-0.05, 0) is 60.5 Å². The van der Waals surface area contributed by atoms with E-state index in [4.69, 9.17) is 4.74 Å². The molecule has 1 fully saturated rings. The first-order chi connectivity index (χ1) is 25.7. The van der Waals surface area contributed by atoms with E-state index in [-0.39, 0.29) is 11.4 Å². The maximum atomic E-state index is 13.1. The van der Waals surface area contributed by atoms with Gasteiger partial charge in [-0.15, -0.1) is 22.0 Å². The summed E-state index contributed by atoms with van der Waals surface area (Å²) in [6, 6.07) is 26.4. The number of anilines is 2. The van der Waals surface area contributed by atoms with E-state index in [1.54, 1.807) is 24.0 Å². The number of benzene rings is 3. The molecule has 53 heavy (non-hydrogen) atoms. The molecule has 0 radical (unpaired) electrons. The van der Waals surface area contributed by atoms with Gasteiger partial charge in [0, 0.05) is 67.7 Å². The monoisotopic (exact) mass is 754 g/mol. The first kappa shape index (κ1) is 37.2. The Kier molecular flexibility index (Phi) is 12.1. The van der Waals surface area contributed by atoms with Crippen LogP contribution in [-0.4, -0.2) is 84.4 Å². The van der Waals surface area contributed by atoms with Gasteiger partial charge < -0.3 is 15.0 Å². The summed E-state index contributed by atoms with van der Waals surface area (Å²) >= 11 is 1.58. The summed E-state index contributed by atoms with van der Waals surface area (Å²) in [7, 11) is -4.46. The highest BCUT2D eigenvalue weighted by Crippen LogP contribution is 2.29. The van der Waals surface area contributed by atoms with Crippen molar-refractivity contribution < 1.29 is 22.9 Å². The topological polar surface area (TPSA) is 173 Å². The summed E-state index contributed by atoms with van der Waals surface area (Å²) in [5.41, 5.74) is 2.80. The third kappa shape index (κ3) is 9.65. The van der Waals surface area contributed by atoms with Crippen LogP contribution in [0.15, 0.2) is 113 Å². The highest BCUT2D eigenvalue weighted by atomic mass is 32.2. The van der Waals surface area contributed by atoms with Gasteiger partial charge in [-0.2, -0.15) is 0 Å². The molecule has 1 amide bonds. The fourth-order valence-electron chi connectivity index (χ4n) is 5.83. The van der Waals surface area contributed by atoms with Crippen molar-refractivity contribution in [2.24, 2.45) is 0 Å². The summed E-state index contributed by atoms with van der Waals surface area (Å²) < 4.78 is 33.8. The fourth-order valence-corrected chi connectivity index (χ4v) is 7.60. The largest absolute Gasteiger partial charge is 0.492 e. The van der Waals surface area contributed by atoms with E-state index >= 15 is 0 Å². The number of carbonyl (C=O) groups excluding carboxylic acids is 1. The molecule has 1 aliphatic rings. The van der Waals surface area contributed by atoms with Crippen LogP contribution >= 0.6 is 11.8 Å². The molecule has 14 nitrogen and oxygen atoms in total. The Balaban J connectivity index is 1.03. The lowest BCUT2D eigenvalue weighted by atomic mass is 10.0. The minimum absolute atomic E-state index is 0.169. The summed E-state index contributed by atoms with van der Waals surface area (Å²) in [5.74, 6) is 0.919. The molecule has 3 aromatic carbocycles. The Bertz CT molecular complexity index is 2150. The van der Waals surface area contributed by atoms with Gasteiger partial charge in [-0.1, -0.05) is 42.5 Å². The first-order valence-corrected chi connectivity index (χ1v) is 19.4. The Morgan fingerprint density at radius 1 is 0.943 bits per heavy atom. The molecule has 16 heteroatoms. The number of ether oxygens (including phenoxy) is 1. The van der Waals surface area contributed by atoms with E-state index in [1.165, 1.54) is 23.8 Å². The number of hydrogen-bond acceptors (Lipinski definition) is 13. The minimum atomic E-state index is -4.46. The van der Waals surface area contributed by atoms with E-state index in [0.717, 1.165) is 47.5 Å². The molecular formula is C37H38N8O6S2. The second-order valence-electron chi connectivity index (χ2n) is 12.0. The fraction of sp³-hybridized carbons (Fsp3) is 0.243. The van der Waals surface area contributed by atoms with Crippen molar-refractivity contribution in [1.82, 2.24) is 24.8 Å². The number of pyridine rings is 1. The molecule has 274 valence electrons. The SMILES string of the molecule is CCOc1cncc(-c2ccccc2CN2CCN(c3ccc(C(=O)NS(=O)(=O)c4ccc(NCCSc5ccccc5)c([N+](=O)[O-])c4)nn3)CC2)c1. The lowest BCUT2D eigenvalue weighted by molar-refractivity contribution is -0.384. The number of carbonyl (C=O) groups is 1. The lowest BCUT2D eigenvalue weighted by Crippen LogP contribution is -2.46. The number of nitro benzene ring substituents is 1. The smallest absolute Gasteiger partial charge is 0.293 e. The zero-order valence-electron chi connectivity index (χ0n) is 28.9. The number of piperazine rings is 1. The molecule has 2 N–H and O–H groups in total. The van der Waals surface area contributed by atoms with Crippen LogP contribution in [0.25, 0.3) is 11.1 Å². The van der Waals surface area contributed by atoms with E-state index in [0.29, 0.717) is 37.8 Å². The van der Waals surface area contributed by atoms with Gasteiger partial charge in [0.15, 0.2) is 11.5 Å². The maximum absolute atomic E-state index is 13.1. The first-order valence-electron chi connectivity index (χ1n) is 16.9. The number of aromatic nitrogens is 3. The quantitative estimate of drug-likeness (QED) is 0.0595. The molecule has 5 aromatic rings. The summed E-state index contributed by atoms with van der Waals surface area (Å²) in [6.45, 7) is 6.54. The predicted molar refractivity (Wildman–Crippen MR) is 204 cm³/mol. The third-order valence-electron chi connectivity index (χ3n) is 8.46. The Morgan fingerprint density at radius 2 is 1.72 bits per heavy atom. The number of nitro groups is 1. The van der Waals surface area contributed by atoms with Crippen LogP contribution in [0.4, 0.5) is 17.2 Å². The van der Waals surface area contributed by atoms with Crippen molar-refractivity contribution >= 4 is 44.9 Å². The zero-order chi connectivity index (χ0) is 37.2. The van der Waals surface area contributed by atoms with E-state index < -0.39 is 31.4 Å². The molecule has 3 heterocycles.